The Morgan fingerprint density at radius 1 is 0.838 bits per heavy atom. The smallest absolute Gasteiger partial charge is 0.191 e. The molecule has 0 atom stereocenters. The Morgan fingerprint density at radius 3 is 2.35 bits per heavy atom. The van der Waals surface area contributed by atoms with Crippen LogP contribution in [-0.4, -0.2) is 19.6 Å². The first kappa shape index (κ1) is 21.6. The lowest BCUT2D eigenvalue weighted by molar-refractivity contribution is -0.604. The number of nitrogens with two attached hydrogens (primary N) is 1. The summed E-state index contributed by atoms with van der Waals surface area (Å²) in [4.78, 5) is 5.16. The summed E-state index contributed by atoms with van der Waals surface area (Å²) in [5.41, 5.74) is 14.6. The van der Waals surface area contributed by atoms with Gasteiger partial charge in [0.05, 0.1) is 22.3 Å². The van der Waals surface area contributed by atoms with Crippen LogP contribution in [0.25, 0.3) is 50.5 Å². The van der Waals surface area contributed by atoms with Gasteiger partial charge in [0.25, 0.3) is 0 Å². The fourth-order valence-electron chi connectivity index (χ4n) is 5.25. The van der Waals surface area contributed by atoms with E-state index in [4.69, 9.17) is 10.7 Å². The third-order valence-electron chi connectivity index (χ3n) is 7.45. The van der Waals surface area contributed by atoms with Crippen LogP contribution in [0, 0.1) is 5.21 Å². The van der Waals surface area contributed by atoms with Gasteiger partial charge < -0.3 is 10.9 Å². The topological polar surface area (TPSA) is 96.0 Å². The third-order valence-corrected chi connectivity index (χ3v) is 7.45. The maximum Gasteiger partial charge on any atom is 0.191 e. The van der Waals surface area contributed by atoms with E-state index in [2.05, 4.69) is 52.7 Å². The van der Waals surface area contributed by atoms with Crippen LogP contribution in [-0.2, 0) is 5.54 Å². The normalized spacial score (nSPS) is 14.6. The van der Waals surface area contributed by atoms with E-state index in [0.29, 0.717) is 17.0 Å². The van der Waals surface area contributed by atoms with Crippen molar-refractivity contribution in [3.8, 4) is 33.8 Å². The largest absolute Gasteiger partial charge is 0.619 e. The van der Waals surface area contributed by atoms with Gasteiger partial charge in [-0.05, 0) is 54.7 Å². The number of hydrogen-bond acceptors (Lipinski definition) is 5. The minimum atomic E-state index is -0.201. The van der Waals surface area contributed by atoms with Crippen LogP contribution in [0.3, 0.4) is 0 Å². The van der Waals surface area contributed by atoms with E-state index < -0.39 is 0 Å². The lowest BCUT2D eigenvalue weighted by Gasteiger charge is -2.38. The first-order chi connectivity index (χ1) is 18.1. The van der Waals surface area contributed by atoms with Gasteiger partial charge in [0.1, 0.15) is 0 Å². The molecular formula is C30H24N6O. The molecular weight excluding hydrogens is 460 g/mol. The number of nitrogens with zero attached hydrogens (tertiary/aromatic N) is 5. The lowest BCUT2D eigenvalue weighted by Crippen LogP contribution is -2.43. The van der Waals surface area contributed by atoms with Crippen molar-refractivity contribution < 1.29 is 4.73 Å². The van der Waals surface area contributed by atoms with Gasteiger partial charge in [0.15, 0.2) is 23.9 Å². The molecule has 0 radical (unpaired) electrons. The van der Waals surface area contributed by atoms with Crippen LogP contribution in [0.2, 0.25) is 0 Å². The molecule has 180 valence electrons. The number of fused-ring (bicyclic) bond motifs is 3. The molecule has 2 N–H and O–H groups in total. The highest BCUT2D eigenvalue weighted by atomic mass is 16.5. The molecule has 0 unspecified atom stereocenters. The molecule has 0 spiro atoms. The molecule has 1 aliphatic rings. The maximum absolute atomic E-state index is 12.0. The average molecular weight is 485 g/mol. The molecule has 1 saturated carbocycles. The second-order valence-corrected chi connectivity index (χ2v) is 9.75. The van der Waals surface area contributed by atoms with Crippen LogP contribution >= 0.6 is 0 Å². The van der Waals surface area contributed by atoms with Gasteiger partial charge >= 0.3 is 0 Å². The minimum absolute atomic E-state index is 0.201. The highest BCUT2D eigenvalue weighted by Gasteiger charge is 2.34. The molecule has 7 rings (SSSR count). The zero-order valence-electron chi connectivity index (χ0n) is 20.1. The first-order valence-corrected chi connectivity index (χ1v) is 12.4. The summed E-state index contributed by atoms with van der Waals surface area (Å²) in [5, 5.41) is 20.7. The SMILES string of the molecule is NC1(c2ccc(-c3nc4ccc5nnc(-c6ccc[n+]([O-])c6)n5c4cc3-c3ccccc3)cc2)CCC1. The second kappa shape index (κ2) is 8.21. The molecule has 0 amide bonds. The summed E-state index contributed by atoms with van der Waals surface area (Å²) in [5.74, 6) is 0.595. The molecule has 6 aromatic rings. The summed E-state index contributed by atoms with van der Waals surface area (Å²) in [6.07, 6.45) is 6.19. The Hall–Kier alpha value is -4.62. The van der Waals surface area contributed by atoms with Gasteiger partial charge in [0.2, 0.25) is 0 Å². The van der Waals surface area contributed by atoms with Gasteiger partial charge in [-0.2, -0.15) is 4.73 Å². The van der Waals surface area contributed by atoms with Crippen LogP contribution in [0.4, 0.5) is 0 Å². The van der Waals surface area contributed by atoms with Gasteiger partial charge in [-0.1, -0.05) is 54.6 Å². The lowest BCUT2D eigenvalue weighted by atomic mass is 9.72. The van der Waals surface area contributed by atoms with Crippen molar-refractivity contribution in [1.29, 1.82) is 0 Å². The van der Waals surface area contributed by atoms with E-state index in [1.54, 1.807) is 6.07 Å². The zero-order chi connectivity index (χ0) is 25.0. The summed E-state index contributed by atoms with van der Waals surface area (Å²) in [7, 11) is 0. The van der Waals surface area contributed by atoms with Crippen molar-refractivity contribution in [3.63, 3.8) is 0 Å². The van der Waals surface area contributed by atoms with Gasteiger partial charge in [-0.25, -0.2) is 4.98 Å². The average Bonchev–Trinajstić information content (AvgIpc) is 3.36. The Labute approximate surface area is 213 Å². The van der Waals surface area contributed by atoms with Crippen LogP contribution in [0.5, 0.6) is 0 Å². The quantitative estimate of drug-likeness (QED) is 0.272. The van der Waals surface area contributed by atoms with Crippen molar-refractivity contribution in [2.75, 3.05) is 0 Å². The molecule has 0 bridgehead atoms. The molecule has 2 aromatic carbocycles. The molecule has 7 heteroatoms. The molecule has 1 aliphatic carbocycles. The van der Waals surface area contributed by atoms with E-state index in [1.165, 1.54) is 24.4 Å². The monoisotopic (exact) mass is 484 g/mol. The van der Waals surface area contributed by atoms with Gasteiger partial charge in [-0.3, -0.25) is 4.40 Å². The van der Waals surface area contributed by atoms with E-state index in [-0.39, 0.29) is 5.54 Å². The maximum atomic E-state index is 12.0. The highest BCUT2D eigenvalue weighted by molar-refractivity contribution is 5.92. The molecule has 4 aromatic heterocycles. The fraction of sp³-hybridized carbons (Fsp3) is 0.133. The number of hydrogen-bond donors (Lipinski definition) is 1. The van der Waals surface area contributed by atoms with Gasteiger partial charge in [-0.15, -0.1) is 10.2 Å². The van der Waals surface area contributed by atoms with E-state index in [1.807, 2.05) is 40.8 Å². The number of benzene rings is 2. The van der Waals surface area contributed by atoms with Crippen molar-refractivity contribution in [3.05, 3.63) is 108 Å². The first-order valence-electron chi connectivity index (χ1n) is 12.4. The van der Waals surface area contributed by atoms with Crippen LogP contribution in [0.15, 0.2) is 97.3 Å². The molecule has 0 aliphatic heterocycles. The zero-order valence-corrected chi connectivity index (χ0v) is 20.1. The highest BCUT2D eigenvalue weighted by Crippen LogP contribution is 2.40. The summed E-state index contributed by atoms with van der Waals surface area (Å²) in [6.45, 7) is 0. The van der Waals surface area contributed by atoms with Crippen molar-refractivity contribution in [1.82, 2.24) is 19.6 Å². The van der Waals surface area contributed by atoms with Crippen LogP contribution < -0.4 is 10.5 Å². The summed E-state index contributed by atoms with van der Waals surface area (Å²) in [6, 6.07) is 28.4. The molecule has 7 nitrogen and oxygen atoms in total. The minimum Gasteiger partial charge on any atom is -0.619 e. The predicted molar refractivity (Wildman–Crippen MR) is 143 cm³/mol. The molecule has 1 fully saturated rings. The van der Waals surface area contributed by atoms with Crippen molar-refractivity contribution in [2.24, 2.45) is 5.73 Å². The third kappa shape index (κ3) is 3.55. The molecule has 0 saturated heterocycles. The Balaban J connectivity index is 1.47. The number of rotatable bonds is 4. The van der Waals surface area contributed by atoms with Gasteiger partial charge in [0, 0.05) is 22.7 Å². The van der Waals surface area contributed by atoms with E-state index >= 15 is 0 Å². The fourth-order valence-corrected chi connectivity index (χ4v) is 5.25. The molecule has 37 heavy (non-hydrogen) atoms. The predicted octanol–water partition coefficient (Wildman–Crippen LogP) is 5.25. The summed E-state index contributed by atoms with van der Waals surface area (Å²) < 4.78 is 2.73. The Bertz CT molecular complexity index is 1770. The molecule has 4 heterocycles. The van der Waals surface area contributed by atoms with E-state index in [9.17, 15) is 5.21 Å². The summed E-state index contributed by atoms with van der Waals surface area (Å²) >= 11 is 0. The van der Waals surface area contributed by atoms with Crippen LogP contribution in [0.1, 0.15) is 24.8 Å². The number of pyridine rings is 3. The van der Waals surface area contributed by atoms with Crippen molar-refractivity contribution >= 4 is 16.7 Å². The number of aromatic nitrogens is 5. The Kier molecular flexibility index (Phi) is 4.81. The standard InChI is InChI=1S/C30H24N6O/c31-30(15-5-16-30)23-11-9-21(10-12-23)28-24(20-6-2-1-3-7-20)18-26-25(32-28)13-14-27-33-34-29(36(26)27)22-8-4-17-35(37)19-22/h1-4,6-14,17-19H,5,15-16,31H2. The van der Waals surface area contributed by atoms with Crippen molar-refractivity contribution in [2.45, 2.75) is 24.8 Å². The Morgan fingerprint density at radius 2 is 1.62 bits per heavy atom. The van der Waals surface area contributed by atoms with E-state index in [0.717, 1.165) is 51.0 Å². The second-order valence-electron chi connectivity index (χ2n) is 9.75.